The maximum absolute atomic E-state index is 14.3. The second-order valence-corrected chi connectivity index (χ2v) is 24.1. The molecule has 8 unspecified atom stereocenters. The van der Waals surface area contributed by atoms with Crippen molar-refractivity contribution < 1.29 is 58.0 Å². The lowest BCUT2D eigenvalue weighted by Gasteiger charge is -2.41. The van der Waals surface area contributed by atoms with Crippen LogP contribution in [0.25, 0.3) is 0 Å². The van der Waals surface area contributed by atoms with Gasteiger partial charge in [0.1, 0.15) is 5.92 Å². The minimum absolute atomic E-state index is 0.0385. The molecule has 3 aliphatic rings. The minimum Gasteiger partial charge on any atom is -0.481 e. The summed E-state index contributed by atoms with van der Waals surface area (Å²) in [6, 6.07) is 0. The number of carboxylic acids is 1. The number of carboxylic acid groups (broad SMARTS) is 1. The summed E-state index contributed by atoms with van der Waals surface area (Å²) in [6.45, 7) is 35.6. The molecule has 21 heteroatoms. The van der Waals surface area contributed by atoms with Gasteiger partial charge in [-0.15, -0.1) is 0 Å². The summed E-state index contributed by atoms with van der Waals surface area (Å²) in [6.07, 6.45) is 17.6. The highest BCUT2D eigenvalue weighted by atomic mass is 16.6. The SMILES string of the molecule is CCCCN.CCCCN1C(=O)C(CC(C)(C)C(C(=O)O)C(C)C(=O)OCC)C(C(C)(C)CC2C(=O)N(CCCn3ccnc3)C(=O)C2C(C)(C)CC)C1=O.CCO.N=NCCCn1ccnc1.[CH2+]C1C(=O)OC(=O)C1C(C)(C)CC. The van der Waals surface area contributed by atoms with Gasteiger partial charge >= 0.3 is 23.9 Å². The van der Waals surface area contributed by atoms with Gasteiger partial charge < -0.3 is 34.6 Å². The number of unbranched alkanes of at least 4 members (excludes halogenated alkanes) is 2. The highest BCUT2D eigenvalue weighted by Gasteiger charge is 2.60. The Balaban J connectivity index is 0.000000846. The summed E-state index contributed by atoms with van der Waals surface area (Å²) < 4.78 is 13.6. The number of aliphatic hydroxyl groups excluding tert-OH is 1. The summed E-state index contributed by atoms with van der Waals surface area (Å²) in [7, 11) is 0. The fraction of sp³-hybridized carbons (Fsp3) is 0.750. The number of imidazole rings is 2. The Morgan fingerprint density at radius 1 is 0.704 bits per heavy atom. The Morgan fingerprint density at radius 2 is 1.16 bits per heavy atom. The molecule has 5 rings (SSSR count). The van der Waals surface area contributed by atoms with Crippen molar-refractivity contribution in [2.45, 2.75) is 181 Å². The largest absolute Gasteiger partial charge is 0.481 e. The molecule has 0 saturated carbocycles. The molecule has 0 aromatic carbocycles. The van der Waals surface area contributed by atoms with Gasteiger partial charge in [-0.25, -0.2) is 20.3 Å². The molecular formula is C60H102N9O12+. The number of hydrogen-bond acceptors (Lipinski definition) is 16. The smallest absolute Gasteiger partial charge is 0.362 e. The zero-order chi connectivity index (χ0) is 62.1. The average molecular weight is 1140 g/mol. The number of carbonyl (C=O) groups excluding carboxylic acids is 7. The van der Waals surface area contributed by atoms with Crippen molar-refractivity contribution in [3.63, 3.8) is 0 Å². The van der Waals surface area contributed by atoms with E-state index in [1.165, 1.54) is 29.6 Å². The van der Waals surface area contributed by atoms with Crippen molar-refractivity contribution in [3.8, 4) is 0 Å². The number of nitrogens with two attached hydrogens (primary N) is 1. The summed E-state index contributed by atoms with van der Waals surface area (Å²) in [5.74, 6) is -10.0. The normalized spacial score (nSPS) is 20.9. The standard InChI is InChI=1S/C38H60N4O8.C10H15O3.C6H10N4.C4H11N.C2H6O/c1-11-14-18-41-31(44)26(21-37(7,8)27(34(47)48)24(4)35(49)50-13-3)29(33(41)46)38(9,10)22-25-28(36(5,6)12-2)32(45)42(30(25)43)19-15-17-40-20-16-39-23-40;1-5-10(3,4)7-6(2)8(11)13-9(7)12;7-9-2-1-4-10-5-3-8-6-10;1-2-3-4-5;1-2-3/h16,20,23-29H,11-15,17-19,21-22H2,1-10H3,(H,47,48);6-7H,2,5H2,1,3-4H3;3,5-7H,1-2,4H2;2-5H2,1H3;3H,2H2,1H3/q;+1;;;. The molecular weight excluding hydrogens is 1040 g/mol. The molecule has 2 aromatic rings. The molecule has 8 atom stereocenters. The molecule has 0 bridgehead atoms. The number of hydrogen-bond donors (Lipinski definition) is 4. The number of imide groups is 2. The molecule has 0 radical (unpaired) electrons. The third kappa shape index (κ3) is 20.8. The van der Waals surface area contributed by atoms with Gasteiger partial charge in [-0.1, -0.05) is 109 Å². The highest BCUT2D eigenvalue weighted by Crippen LogP contribution is 2.53. The number of rotatable bonds is 27. The molecule has 3 fully saturated rings. The Hall–Kier alpha value is -5.83. The second-order valence-electron chi connectivity index (χ2n) is 24.1. The number of aliphatic carboxylic acids is 1. The number of esters is 3. The van der Waals surface area contributed by atoms with E-state index in [0.29, 0.717) is 32.4 Å². The molecule has 5 heterocycles. The summed E-state index contributed by atoms with van der Waals surface area (Å²) in [4.78, 5) is 115. The number of amides is 4. The predicted octanol–water partition coefficient (Wildman–Crippen LogP) is 9.06. The van der Waals surface area contributed by atoms with Gasteiger partial charge in [-0.2, -0.15) is 5.11 Å². The number of nitrogens with one attached hydrogen (secondary N) is 1. The molecule has 458 valence electrons. The first-order valence-electron chi connectivity index (χ1n) is 29.2. The van der Waals surface area contributed by atoms with Crippen LogP contribution in [0.4, 0.5) is 0 Å². The average Bonchev–Trinajstić information content (AvgIpc) is 4.35. The van der Waals surface area contributed by atoms with Crippen LogP contribution in [0.1, 0.15) is 168 Å². The fourth-order valence-corrected chi connectivity index (χ4v) is 11.2. The van der Waals surface area contributed by atoms with Crippen LogP contribution in [0.2, 0.25) is 0 Å². The zero-order valence-electron chi connectivity index (χ0n) is 51.7. The van der Waals surface area contributed by atoms with Crippen LogP contribution in [0.3, 0.4) is 0 Å². The van der Waals surface area contributed by atoms with Crippen LogP contribution in [-0.2, 0) is 60.9 Å². The number of cyclic esters (lactones) is 2. The Labute approximate surface area is 483 Å². The van der Waals surface area contributed by atoms with Crippen LogP contribution in [0, 0.1) is 81.5 Å². The number of aromatic nitrogens is 4. The first-order chi connectivity index (χ1) is 37.9. The monoisotopic (exact) mass is 1140 g/mol. The third-order valence-electron chi connectivity index (χ3n) is 16.2. The van der Waals surface area contributed by atoms with Crippen LogP contribution in [0.15, 0.2) is 42.6 Å². The van der Waals surface area contributed by atoms with Crippen molar-refractivity contribution in [1.29, 1.82) is 5.53 Å². The number of nitrogens with zero attached hydrogens (tertiary/aromatic N) is 7. The van der Waals surface area contributed by atoms with Gasteiger partial charge in [0.15, 0.2) is 0 Å². The van der Waals surface area contributed by atoms with Crippen molar-refractivity contribution in [2.75, 3.05) is 39.4 Å². The number of likely N-dealkylation sites (tertiary alicyclic amines) is 2. The van der Waals surface area contributed by atoms with E-state index < -0.39 is 81.5 Å². The van der Waals surface area contributed by atoms with E-state index in [4.69, 9.17) is 21.1 Å². The summed E-state index contributed by atoms with van der Waals surface area (Å²) in [5, 5.41) is 21.2. The molecule has 0 spiro atoms. The van der Waals surface area contributed by atoms with Crippen LogP contribution in [0.5, 0.6) is 0 Å². The number of ether oxygens (including phenoxy) is 2. The van der Waals surface area contributed by atoms with E-state index in [9.17, 15) is 43.5 Å². The molecule has 4 amide bonds. The number of carbonyl (C=O) groups is 8. The van der Waals surface area contributed by atoms with E-state index in [0.717, 1.165) is 32.4 Å². The molecule has 0 aliphatic carbocycles. The Bertz CT molecular complexity index is 2280. The predicted molar refractivity (Wildman–Crippen MR) is 308 cm³/mol. The van der Waals surface area contributed by atoms with Crippen LogP contribution in [-0.4, -0.2) is 126 Å². The van der Waals surface area contributed by atoms with Gasteiger partial charge in [0, 0.05) is 57.6 Å². The van der Waals surface area contributed by atoms with Gasteiger partial charge in [0.25, 0.3) is 0 Å². The maximum atomic E-state index is 14.3. The van der Waals surface area contributed by atoms with Crippen LogP contribution >= 0.6 is 0 Å². The number of aliphatic hydroxyl groups is 1. The van der Waals surface area contributed by atoms with Gasteiger partial charge in [0.05, 0.1) is 68.2 Å². The maximum Gasteiger partial charge on any atom is 0.362 e. The first-order valence-corrected chi connectivity index (χ1v) is 29.2. The van der Waals surface area contributed by atoms with E-state index in [1.807, 2.05) is 83.8 Å². The van der Waals surface area contributed by atoms with Crippen LogP contribution < -0.4 is 5.73 Å². The van der Waals surface area contributed by atoms with Crippen molar-refractivity contribution >= 4 is 47.5 Å². The van der Waals surface area contributed by atoms with Gasteiger partial charge in [-0.05, 0) is 87.0 Å². The fourth-order valence-electron chi connectivity index (χ4n) is 11.2. The van der Waals surface area contributed by atoms with E-state index >= 15 is 0 Å². The second kappa shape index (κ2) is 34.6. The van der Waals surface area contributed by atoms with Crippen molar-refractivity contribution in [2.24, 2.45) is 79.9 Å². The molecule has 21 nitrogen and oxygen atoms in total. The van der Waals surface area contributed by atoms with E-state index in [2.05, 4.69) is 33.7 Å². The van der Waals surface area contributed by atoms with Gasteiger partial charge in [-0.3, -0.25) is 43.4 Å². The molecule has 3 aliphatic heterocycles. The lowest BCUT2D eigenvalue weighted by molar-refractivity contribution is -0.162. The molecule has 81 heavy (non-hydrogen) atoms. The lowest BCUT2D eigenvalue weighted by atomic mass is 9.60. The summed E-state index contributed by atoms with van der Waals surface area (Å²) in [5.41, 5.74) is 8.94. The zero-order valence-corrected chi connectivity index (χ0v) is 51.7. The molecule has 3 saturated heterocycles. The Morgan fingerprint density at radius 3 is 1.54 bits per heavy atom. The minimum atomic E-state index is -1.18. The first kappa shape index (κ1) is 73.2. The van der Waals surface area contributed by atoms with E-state index in [1.54, 1.807) is 52.7 Å². The molecule has 5 N–H and O–H groups in total. The highest BCUT2D eigenvalue weighted by molar-refractivity contribution is 6.07. The molecule has 2 aromatic heterocycles. The Kier molecular flexibility index (Phi) is 31.2. The van der Waals surface area contributed by atoms with Gasteiger partial charge in [0.2, 0.25) is 29.5 Å². The quantitative estimate of drug-likeness (QED) is 0.0162. The summed E-state index contributed by atoms with van der Waals surface area (Å²) >= 11 is 0. The van der Waals surface area contributed by atoms with Crippen molar-refractivity contribution in [1.82, 2.24) is 28.9 Å². The van der Waals surface area contributed by atoms with E-state index in [-0.39, 0.29) is 74.1 Å². The van der Waals surface area contributed by atoms with Crippen molar-refractivity contribution in [3.05, 3.63) is 44.4 Å². The third-order valence-corrected chi connectivity index (χ3v) is 16.2. The topological polar surface area (TPSA) is 300 Å². The number of aryl methyl sites for hydroxylation is 2. The lowest BCUT2D eigenvalue weighted by Crippen LogP contribution is -2.44.